The maximum atomic E-state index is 12.9. The van der Waals surface area contributed by atoms with E-state index in [9.17, 15) is 9.18 Å². The second kappa shape index (κ2) is 8.25. The van der Waals surface area contributed by atoms with Crippen LogP contribution in [0.15, 0.2) is 24.3 Å². The molecule has 122 valence electrons. The fraction of sp³-hybridized carbons (Fsp3) is 0.588. The minimum Gasteiger partial charge on any atom is -0.376 e. The van der Waals surface area contributed by atoms with E-state index in [2.05, 4.69) is 5.32 Å². The van der Waals surface area contributed by atoms with Crippen LogP contribution < -0.4 is 5.32 Å². The third kappa shape index (κ3) is 5.07. The summed E-state index contributed by atoms with van der Waals surface area (Å²) in [6.07, 6.45) is 2.80. The predicted molar refractivity (Wildman–Crippen MR) is 82.0 cm³/mol. The molecule has 0 aromatic heterocycles. The molecule has 1 fully saturated rings. The first-order valence-electron chi connectivity index (χ1n) is 7.85. The van der Waals surface area contributed by atoms with E-state index in [0.29, 0.717) is 6.61 Å². The first kappa shape index (κ1) is 16.9. The first-order chi connectivity index (χ1) is 10.6. The molecule has 1 aliphatic rings. The fourth-order valence-corrected chi connectivity index (χ4v) is 2.43. The van der Waals surface area contributed by atoms with Crippen molar-refractivity contribution in [2.75, 3.05) is 13.2 Å². The predicted octanol–water partition coefficient (Wildman–Crippen LogP) is 2.98. The number of rotatable bonds is 6. The Bertz CT molecular complexity index is 471. The Morgan fingerprint density at radius 1 is 1.36 bits per heavy atom. The SMILES string of the molecule is C[C@H](OC[C@H]1CCCCO1)C(=O)N[C@@H](C)c1ccc(F)cc1. The van der Waals surface area contributed by atoms with Gasteiger partial charge in [0.25, 0.3) is 0 Å². The van der Waals surface area contributed by atoms with Gasteiger partial charge in [-0.05, 0) is 50.8 Å². The average Bonchev–Trinajstić information content (AvgIpc) is 2.54. The lowest BCUT2D eigenvalue weighted by Crippen LogP contribution is -2.38. The molecule has 22 heavy (non-hydrogen) atoms. The van der Waals surface area contributed by atoms with Crippen molar-refractivity contribution in [3.8, 4) is 0 Å². The Hall–Kier alpha value is -1.46. The van der Waals surface area contributed by atoms with Crippen molar-refractivity contribution in [1.82, 2.24) is 5.32 Å². The number of ether oxygens (including phenoxy) is 2. The van der Waals surface area contributed by atoms with E-state index in [1.807, 2.05) is 6.92 Å². The van der Waals surface area contributed by atoms with Crippen LogP contribution in [0, 0.1) is 5.82 Å². The maximum absolute atomic E-state index is 12.9. The molecule has 1 aromatic rings. The molecule has 1 amide bonds. The molecular weight excluding hydrogens is 285 g/mol. The van der Waals surface area contributed by atoms with E-state index in [1.165, 1.54) is 12.1 Å². The van der Waals surface area contributed by atoms with E-state index in [-0.39, 0.29) is 23.9 Å². The molecule has 0 unspecified atom stereocenters. The van der Waals surface area contributed by atoms with Gasteiger partial charge in [-0.1, -0.05) is 12.1 Å². The number of amides is 1. The van der Waals surface area contributed by atoms with Crippen LogP contribution >= 0.6 is 0 Å². The van der Waals surface area contributed by atoms with Crippen LogP contribution in [0.5, 0.6) is 0 Å². The molecule has 0 radical (unpaired) electrons. The normalized spacial score (nSPS) is 21.1. The summed E-state index contributed by atoms with van der Waals surface area (Å²) in [6.45, 7) is 4.81. The molecule has 3 atom stereocenters. The monoisotopic (exact) mass is 309 g/mol. The number of carbonyl (C=O) groups excluding carboxylic acids is 1. The second-order valence-electron chi connectivity index (χ2n) is 5.75. The van der Waals surface area contributed by atoms with Gasteiger partial charge in [-0.2, -0.15) is 0 Å². The highest BCUT2D eigenvalue weighted by Crippen LogP contribution is 2.15. The third-order valence-corrected chi connectivity index (χ3v) is 3.90. The van der Waals surface area contributed by atoms with E-state index in [1.54, 1.807) is 19.1 Å². The number of benzene rings is 1. The maximum Gasteiger partial charge on any atom is 0.249 e. The lowest BCUT2D eigenvalue weighted by molar-refractivity contribution is -0.136. The van der Waals surface area contributed by atoms with Crippen molar-refractivity contribution in [1.29, 1.82) is 0 Å². The van der Waals surface area contributed by atoms with Crippen molar-refractivity contribution in [3.63, 3.8) is 0 Å². The number of hydrogen-bond acceptors (Lipinski definition) is 3. The molecule has 4 nitrogen and oxygen atoms in total. The summed E-state index contributed by atoms with van der Waals surface area (Å²) >= 11 is 0. The van der Waals surface area contributed by atoms with Crippen molar-refractivity contribution >= 4 is 5.91 Å². The van der Waals surface area contributed by atoms with Crippen molar-refractivity contribution in [3.05, 3.63) is 35.6 Å². The smallest absolute Gasteiger partial charge is 0.249 e. The number of carbonyl (C=O) groups is 1. The zero-order valence-electron chi connectivity index (χ0n) is 13.2. The number of nitrogens with one attached hydrogen (secondary N) is 1. The molecule has 1 N–H and O–H groups in total. The van der Waals surface area contributed by atoms with Crippen LogP contribution in [0.2, 0.25) is 0 Å². The molecule has 2 rings (SSSR count). The summed E-state index contributed by atoms with van der Waals surface area (Å²) in [4.78, 5) is 12.1. The van der Waals surface area contributed by atoms with Crippen LogP contribution in [0.3, 0.4) is 0 Å². The Balaban J connectivity index is 1.76. The van der Waals surface area contributed by atoms with Crippen LogP contribution in [0.4, 0.5) is 4.39 Å². The molecule has 1 heterocycles. The van der Waals surface area contributed by atoms with Crippen LogP contribution in [0.1, 0.15) is 44.7 Å². The van der Waals surface area contributed by atoms with Crippen LogP contribution in [-0.2, 0) is 14.3 Å². The number of hydrogen-bond donors (Lipinski definition) is 1. The molecule has 1 aliphatic heterocycles. The highest BCUT2D eigenvalue weighted by atomic mass is 19.1. The van der Waals surface area contributed by atoms with Gasteiger partial charge in [-0.3, -0.25) is 4.79 Å². The van der Waals surface area contributed by atoms with E-state index in [0.717, 1.165) is 31.4 Å². The molecule has 1 saturated heterocycles. The Labute approximate surface area is 131 Å². The zero-order chi connectivity index (χ0) is 15.9. The van der Waals surface area contributed by atoms with Gasteiger partial charge in [0.2, 0.25) is 5.91 Å². The van der Waals surface area contributed by atoms with Gasteiger partial charge in [-0.15, -0.1) is 0 Å². The van der Waals surface area contributed by atoms with Crippen molar-refractivity contribution in [2.45, 2.75) is 51.4 Å². The molecular formula is C17H24FNO3. The lowest BCUT2D eigenvalue weighted by atomic mass is 10.1. The summed E-state index contributed by atoms with van der Waals surface area (Å²) in [6, 6.07) is 5.92. The minimum absolute atomic E-state index is 0.0959. The van der Waals surface area contributed by atoms with Gasteiger partial charge in [-0.25, -0.2) is 4.39 Å². The minimum atomic E-state index is -0.534. The summed E-state index contributed by atoms with van der Waals surface area (Å²) in [5, 5.41) is 2.88. The average molecular weight is 309 g/mol. The molecule has 5 heteroatoms. The fourth-order valence-electron chi connectivity index (χ4n) is 2.43. The van der Waals surface area contributed by atoms with Gasteiger partial charge in [0, 0.05) is 6.61 Å². The molecule has 0 saturated carbocycles. The zero-order valence-corrected chi connectivity index (χ0v) is 13.2. The van der Waals surface area contributed by atoms with Gasteiger partial charge in [0.05, 0.1) is 18.8 Å². The molecule has 0 spiro atoms. The summed E-state index contributed by atoms with van der Waals surface area (Å²) < 4.78 is 24.1. The molecule has 0 bridgehead atoms. The summed E-state index contributed by atoms with van der Waals surface area (Å²) in [5.41, 5.74) is 0.859. The van der Waals surface area contributed by atoms with Gasteiger partial charge < -0.3 is 14.8 Å². The Morgan fingerprint density at radius 2 is 2.09 bits per heavy atom. The van der Waals surface area contributed by atoms with Gasteiger partial charge >= 0.3 is 0 Å². The van der Waals surface area contributed by atoms with Crippen LogP contribution in [0.25, 0.3) is 0 Å². The summed E-state index contributed by atoms with van der Waals surface area (Å²) in [5.74, 6) is -0.459. The standard InChI is InChI=1S/C17H24FNO3/c1-12(14-6-8-15(18)9-7-14)19-17(20)13(2)22-11-16-5-3-4-10-21-16/h6-9,12-13,16H,3-5,10-11H2,1-2H3,(H,19,20)/t12-,13-,16+/m0/s1. The third-order valence-electron chi connectivity index (χ3n) is 3.90. The van der Waals surface area contributed by atoms with E-state index < -0.39 is 6.10 Å². The van der Waals surface area contributed by atoms with Crippen molar-refractivity contribution < 1.29 is 18.7 Å². The molecule has 0 aliphatic carbocycles. The van der Waals surface area contributed by atoms with Gasteiger partial charge in [0.15, 0.2) is 0 Å². The number of halogens is 1. The second-order valence-corrected chi connectivity index (χ2v) is 5.75. The quantitative estimate of drug-likeness (QED) is 0.879. The topological polar surface area (TPSA) is 47.6 Å². The van der Waals surface area contributed by atoms with Crippen LogP contribution in [-0.4, -0.2) is 31.3 Å². The van der Waals surface area contributed by atoms with Crippen molar-refractivity contribution in [2.24, 2.45) is 0 Å². The lowest BCUT2D eigenvalue weighted by Gasteiger charge is -2.24. The van der Waals surface area contributed by atoms with E-state index in [4.69, 9.17) is 9.47 Å². The Morgan fingerprint density at radius 3 is 2.73 bits per heavy atom. The molecule has 1 aromatic carbocycles. The van der Waals surface area contributed by atoms with E-state index >= 15 is 0 Å². The highest BCUT2D eigenvalue weighted by Gasteiger charge is 2.20. The summed E-state index contributed by atoms with van der Waals surface area (Å²) in [7, 11) is 0. The largest absolute Gasteiger partial charge is 0.376 e. The first-order valence-corrected chi connectivity index (χ1v) is 7.85. The highest BCUT2D eigenvalue weighted by molar-refractivity contribution is 5.80. The van der Waals surface area contributed by atoms with Gasteiger partial charge in [0.1, 0.15) is 11.9 Å². The Kier molecular flexibility index (Phi) is 6.34.